The van der Waals surface area contributed by atoms with Crippen LogP contribution in [0, 0.1) is 6.92 Å². The fourth-order valence-corrected chi connectivity index (χ4v) is 1.75. The first-order valence-corrected chi connectivity index (χ1v) is 5.10. The summed E-state index contributed by atoms with van der Waals surface area (Å²) >= 11 is 0. The molecule has 0 saturated carbocycles. The summed E-state index contributed by atoms with van der Waals surface area (Å²) in [4.78, 5) is 0. The molecular weight excluding hydrogens is 190 g/mol. The number of hydrogen-bond donors (Lipinski definition) is 2. The van der Waals surface area contributed by atoms with Gasteiger partial charge in [0, 0.05) is 5.56 Å². The molecule has 15 heavy (non-hydrogen) atoms. The molecule has 0 aliphatic heterocycles. The lowest BCUT2D eigenvalue weighted by Gasteiger charge is -2.22. The molecule has 2 atom stereocenters. The molecule has 0 heterocycles. The molecule has 2 N–H and O–H groups in total. The lowest BCUT2D eigenvalue weighted by Crippen LogP contribution is -2.27. The average molecular weight is 209 g/mol. The SMILES string of the molecule is CNC(c1cc(C)ccc1OC)C(C)O. The van der Waals surface area contributed by atoms with Crippen LogP contribution in [-0.2, 0) is 0 Å². The van der Waals surface area contributed by atoms with Gasteiger partial charge in [-0.25, -0.2) is 0 Å². The highest BCUT2D eigenvalue weighted by Crippen LogP contribution is 2.27. The number of benzene rings is 1. The molecular formula is C12H19NO2. The summed E-state index contributed by atoms with van der Waals surface area (Å²) in [6, 6.07) is 5.86. The van der Waals surface area contributed by atoms with E-state index in [1.54, 1.807) is 14.0 Å². The van der Waals surface area contributed by atoms with Gasteiger partial charge in [0.1, 0.15) is 5.75 Å². The molecule has 84 valence electrons. The van der Waals surface area contributed by atoms with E-state index in [0.29, 0.717) is 0 Å². The predicted octanol–water partition coefficient (Wildman–Crippen LogP) is 1.64. The largest absolute Gasteiger partial charge is 0.496 e. The number of aliphatic hydroxyl groups excluding tert-OH is 1. The van der Waals surface area contributed by atoms with E-state index in [1.807, 2.05) is 32.2 Å². The van der Waals surface area contributed by atoms with Crippen LogP contribution in [0.1, 0.15) is 24.1 Å². The molecule has 2 unspecified atom stereocenters. The van der Waals surface area contributed by atoms with Gasteiger partial charge in [0.15, 0.2) is 0 Å². The number of aryl methyl sites for hydroxylation is 1. The molecule has 0 aliphatic rings. The van der Waals surface area contributed by atoms with Crippen molar-refractivity contribution in [3.05, 3.63) is 29.3 Å². The van der Waals surface area contributed by atoms with E-state index < -0.39 is 6.10 Å². The number of nitrogens with one attached hydrogen (secondary N) is 1. The molecule has 3 nitrogen and oxygen atoms in total. The Morgan fingerprint density at radius 1 is 1.40 bits per heavy atom. The van der Waals surface area contributed by atoms with Crippen molar-refractivity contribution in [2.45, 2.75) is 26.0 Å². The maximum Gasteiger partial charge on any atom is 0.123 e. The Hall–Kier alpha value is -1.06. The Labute approximate surface area is 91.1 Å². The average Bonchev–Trinajstić information content (AvgIpc) is 2.18. The first-order valence-electron chi connectivity index (χ1n) is 5.10. The number of aliphatic hydroxyl groups is 1. The van der Waals surface area contributed by atoms with Gasteiger partial charge in [-0.05, 0) is 27.0 Å². The van der Waals surface area contributed by atoms with Gasteiger partial charge < -0.3 is 15.2 Å². The fraction of sp³-hybridized carbons (Fsp3) is 0.500. The Bertz CT molecular complexity index is 323. The van der Waals surface area contributed by atoms with Gasteiger partial charge in [-0.2, -0.15) is 0 Å². The van der Waals surface area contributed by atoms with Crippen molar-refractivity contribution in [3.63, 3.8) is 0 Å². The topological polar surface area (TPSA) is 41.5 Å². The van der Waals surface area contributed by atoms with Gasteiger partial charge in [-0.15, -0.1) is 0 Å². The maximum absolute atomic E-state index is 9.66. The third kappa shape index (κ3) is 2.70. The summed E-state index contributed by atoms with van der Waals surface area (Å²) in [5, 5.41) is 12.7. The Morgan fingerprint density at radius 3 is 2.53 bits per heavy atom. The molecule has 1 rings (SSSR count). The zero-order valence-corrected chi connectivity index (χ0v) is 9.74. The first kappa shape index (κ1) is 12.0. The van der Waals surface area contributed by atoms with E-state index in [4.69, 9.17) is 4.74 Å². The summed E-state index contributed by atoms with van der Waals surface area (Å²) in [6.45, 7) is 3.79. The molecule has 0 radical (unpaired) electrons. The molecule has 0 aliphatic carbocycles. The van der Waals surface area contributed by atoms with Crippen molar-refractivity contribution in [2.75, 3.05) is 14.2 Å². The van der Waals surface area contributed by atoms with E-state index in [-0.39, 0.29) is 6.04 Å². The molecule has 0 amide bonds. The van der Waals surface area contributed by atoms with Crippen LogP contribution in [0.25, 0.3) is 0 Å². The number of likely N-dealkylation sites (N-methyl/N-ethyl adjacent to an activating group) is 1. The van der Waals surface area contributed by atoms with E-state index >= 15 is 0 Å². The third-order valence-electron chi connectivity index (χ3n) is 2.51. The van der Waals surface area contributed by atoms with Gasteiger partial charge in [-0.3, -0.25) is 0 Å². The summed E-state index contributed by atoms with van der Waals surface area (Å²) in [7, 11) is 3.47. The van der Waals surface area contributed by atoms with Crippen molar-refractivity contribution in [3.8, 4) is 5.75 Å². The monoisotopic (exact) mass is 209 g/mol. The Balaban J connectivity index is 3.13. The van der Waals surface area contributed by atoms with Gasteiger partial charge in [-0.1, -0.05) is 17.7 Å². The second-order valence-electron chi connectivity index (χ2n) is 3.75. The Morgan fingerprint density at radius 2 is 2.07 bits per heavy atom. The van der Waals surface area contributed by atoms with Crippen molar-refractivity contribution >= 4 is 0 Å². The predicted molar refractivity (Wildman–Crippen MR) is 61.2 cm³/mol. The highest BCUT2D eigenvalue weighted by atomic mass is 16.5. The zero-order valence-electron chi connectivity index (χ0n) is 9.74. The van der Waals surface area contributed by atoms with Crippen LogP contribution in [0.4, 0.5) is 0 Å². The molecule has 0 spiro atoms. The van der Waals surface area contributed by atoms with Gasteiger partial charge in [0.05, 0.1) is 19.3 Å². The van der Waals surface area contributed by atoms with Gasteiger partial charge >= 0.3 is 0 Å². The van der Waals surface area contributed by atoms with E-state index in [9.17, 15) is 5.11 Å². The quantitative estimate of drug-likeness (QED) is 0.792. The molecule has 1 aromatic carbocycles. The second-order valence-corrected chi connectivity index (χ2v) is 3.75. The van der Waals surface area contributed by atoms with Crippen LogP contribution < -0.4 is 10.1 Å². The molecule has 1 aromatic rings. The van der Waals surface area contributed by atoms with Crippen molar-refractivity contribution in [2.24, 2.45) is 0 Å². The number of methoxy groups -OCH3 is 1. The number of rotatable bonds is 4. The number of hydrogen-bond acceptors (Lipinski definition) is 3. The smallest absolute Gasteiger partial charge is 0.123 e. The molecule has 3 heteroatoms. The Kier molecular flexibility index (Phi) is 4.12. The van der Waals surface area contributed by atoms with Crippen molar-refractivity contribution in [1.82, 2.24) is 5.32 Å². The van der Waals surface area contributed by atoms with Gasteiger partial charge in [0.2, 0.25) is 0 Å². The van der Waals surface area contributed by atoms with Crippen molar-refractivity contribution < 1.29 is 9.84 Å². The number of ether oxygens (including phenoxy) is 1. The van der Waals surface area contributed by atoms with Crippen LogP contribution in [0.5, 0.6) is 5.75 Å². The molecule has 0 bridgehead atoms. The first-order chi connectivity index (χ1) is 7.10. The van der Waals surface area contributed by atoms with Crippen LogP contribution in [0.3, 0.4) is 0 Å². The third-order valence-corrected chi connectivity index (χ3v) is 2.51. The zero-order chi connectivity index (χ0) is 11.4. The van der Waals surface area contributed by atoms with E-state index in [1.165, 1.54) is 0 Å². The standard InChI is InChI=1S/C12H19NO2/c1-8-5-6-11(15-4)10(7-8)12(13-3)9(2)14/h5-7,9,12-14H,1-4H3. The van der Waals surface area contributed by atoms with Crippen LogP contribution in [-0.4, -0.2) is 25.4 Å². The summed E-state index contributed by atoms with van der Waals surface area (Å²) in [5.41, 5.74) is 2.15. The summed E-state index contributed by atoms with van der Waals surface area (Å²) < 4.78 is 5.28. The highest BCUT2D eigenvalue weighted by molar-refractivity contribution is 5.39. The minimum absolute atomic E-state index is 0.0974. The normalized spacial score (nSPS) is 14.7. The van der Waals surface area contributed by atoms with Crippen molar-refractivity contribution in [1.29, 1.82) is 0 Å². The van der Waals surface area contributed by atoms with Crippen LogP contribution in [0.2, 0.25) is 0 Å². The lowest BCUT2D eigenvalue weighted by atomic mass is 9.99. The molecule has 0 saturated heterocycles. The summed E-state index contributed by atoms with van der Waals surface area (Å²) in [6.07, 6.45) is -0.453. The molecule has 0 aromatic heterocycles. The van der Waals surface area contributed by atoms with Gasteiger partial charge in [0.25, 0.3) is 0 Å². The van der Waals surface area contributed by atoms with Crippen LogP contribution in [0.15, 0.2) is 18.2 Å². The maximum atomic E-state index is 9.66. The molecule has 0 fully saturated rings. The van der Waals surface area contributed by atoms with Crippen LogP contribution >= 0.6 is 0 Å². The lowest BCUT2D eigenvalue weighted by molar-refractivity contribution is 0.148. The minimum Gasteiger partial charge on any atom is -0.496 e. The highest BCUT2D eigenvalue weighted by Gasteiger charge is 2.19. The minimum atomic E-state index is -0.453. The van der Waals surface area contributed by atoms with E-state index in [0.717, 1.165) is 16.9 Å². The fourth-order valence-electron chi connectivity index (χ4n) is 1.75. The van der Waals surface area contributed by atoms with E-state index in [2.05, 4.69) is 5.32 Å². The second kappa shape index (κ2) is 5.14. The summed E-state index contributed by atoms with van der Waals surface area (Å²) in [5.74, 6) is 0.806.